The Hall–Kier alpha value is -1.87. The van der Waals surface area contributed by atoms with E-state index in [1.807, 2.05) is 18.2 Å². The molecule has 2 nitrogen and oxygen atoms in total. The van der Waals surface area contributed by atoms with Crippen molar-refractivity contribution in [3.63, 3.8) is 0 Å². The Labute approximate surface area is 150 Å². The highest BCUT2D eigenvalue weighted by Crippen LogP contribution is 2.20. The molecule has 0 heterocycles. The first-order valence-electron chi connectivity index (χ1n) is 9.60. The molecule has 3 heteroatoms. The highest BCUT2D eigenvalue weighted by molar-refractivity contribution is 5.33. The molecule has 3 rings (SSSR count). The van der Waals surface area contributed by atoms with Gasteiger partial charge in [-0.25, -0.2) is 4.39 Å². The highest BCUT2D eigenvalue weighted by atomic mass is 19.1. The molecule has 1 fully saturated rings. The van der Waals surface area contributed by atoms with Gasteiger partial charge < -0.3 is 10.1 Å². The molecule has 25 heavy (non-hydrogen) atoms. The van der Waals surface area contributed by atoms with E-state index in [1.54, 1.807) is 12.1 Å². The standard InChI is InChI=1S/C22H28FNO/c23-21-14-8-6-11-19(21)17-25-22-15-9-7-10-18(22)16-24-20-12-4-2-1-3-5-13-20/h6-11,14-15,20,24H,1-5,12-13,16-17H2/p+1. The van der Waals surface area contributed by atoms with Gasteiger partial charge in [-0.15, -0.1) is 0 Å². The van der Waals surface area contributed by atoms with Gasteiger partial charge in [-0.3, -0.25) is 0 Å². The molecule has 1 aliphatic carbocycles. The van der Waals surface area contributed by atoms with E-state index in [-0.39, 0.29) is 12.4 Å². The van der Waals surface area contributed by atoms with Crippen LogP contribution in [0.4, 0.5) is 4.39 Å². The number of nitrogens with two attached hydrogens (primary N) is 1. The predicted molar refractivity (Wildman–Crippen MR) is 98.9 cm³/mol. The van der Waals surface area contributed by atoms with Gasteiger partial charge in [0.2, 0.25) is 0 Å². The summed E-state index contributed by atoms with van der Waals surface area (Å²) in [6.45, 7) is 1.20. The Bertz CT molecular complexity index is 650. The van der Waals surface area contributed by atoms with E-state index >= 15 is 0 Å². The number of benzene rings is 2. The molecule has 0 amide bonds. The summed E-state index contributed by atoms with van der Waals surface area (Å²) in [6.07, 6.45) is 9.51. The number of hydrogen-bond acceptors (Lipinski definition) is 1. The lowest BCUT2D eigenvalue weighted by Gasteiger charge is -2.19. The van der Waals surface area contributed by atoms with Crippen molar-refractivity contribution in [3.05, 3.63) is 65.5 Å². The van der Waals surface area contributed by atoms with Crippen LogP contribution in [0.5, 0.6) is 5.75 Å². The molecule has 134 valence electrons. The van der Waals surface area contributed by atoms with Crippen LogP contribution >= 0.6 is 0 Å². The molecule has 2 aromatic carbocycles. The van der Waals surface area contributed by atoms with E-state index in [4.69, 9.17) is 4.74 Å². The summed E-state index contributed by atoms with van der Waals surface area (Å²) in [6, 6.07) is 15.7. The molecule has 0 aromatic heterocycles. The van der Waals surface area contributed by atoms with Crippen molar-refractivity contribution in [2.24, 2.45) is 0 Å². The number of quaternary nitrogens is 1. The van der Waals surface area contributed by atoms with Gasteiger partial charge in [0.1, 0.15) is 24.7 Å². The van der Waals surface area contributed by atoms with Crippen molar-refractivity contribution in [2.75, 3.05) is 0 Å². The van der Waals surface area contributed by atoms with E-state index in [0.29, 0.717) is 5.56 Å². The van der Waals surface area contributed by atoms with Gasteiger partial charge in [0.05, 0.1) is 6.04 Å². The minimum atomic E-state index is -0.207. The van der Waals surface area contributed by atoms with Gasteiger partial charge in [0, 0.05) is 11.1 Å². The average molecular weight is 342 g/mol. The average Bonchev–Trinajstić information content (AvgIpc) is 2.61. The summed E-state index contributed by atoms with van der Waals surface area (Å²) >= 11 is 0. The van der Waals surface area contributed by atoms with Gasteiger partial charge in [0.15, 0.2) is 0 Å². The highest BCUT2D eigenvalue weighted by Gasteiger charge is 2.15. The van der Waals surface area contributed by atoms with E-state index in [2.05, 4.69) is 17.4 Å². The maximum atomic E-state index is 13.8. The van der Waals surface area contributed by atoms with E-state index < -0.39 is 0 Å². The molecule has 0 aliphatic heterocycles. The van der Waals surface area contributed by atoms with Gasteiger partial charge >= 0.3 is 0 Å². The summed E-state index contributed by atoms with van der Waals surface area (Å²) in [5, 5.41) is 2.47. The zero-order chi connectivity index (χ0) is 17.3. The summed E-state index contributed by atoms with van der Waals surface area (Å²) in [5.74, 6) is 0.661. The topological polar surface area (TPSA) is 25.8 Å². The van der Waals surface area contributed by atoms with Gasteiger partial charge in [0.25, 0.3) is 0 Å². The summed E-state index contributed by atoms with van der Waals surface area (Å²) in [5.41, 5.74) is 1.79. The molecule has 0 atom stereocenters. The third kappa shape index (κ3) is 5.57. The van der Waals surface area contributed by atoms with Crippen LogP contribution in [0.3, 0.4) is 0 Å². The summed E-state index contributed by atoms with van der Waals surface area (Å²) in [4.78, 5) is 0. The zero-order valence-electron chi connectivity index (χ0n) is 14.9. The van der Waals surface area contributed by atoms with Crippen LogP contribution in [-0.4, -0.2) is 6.04 Å². The lowest BCUT2D eigenvalue weighted by atomic mass is 9.96. The number of ether oxygens (including phenoxy) is 1. The smallest absolute Gasteiger partial charge is 0.129 e. The molecular weight excluding hydrogens is 313 g/mol. The van der Waals surface area contributed by atoms with Crippen LogP contribution in [0.2, 0.25) is 0 Å². The van der Waals surface area contributed by atoms with Crippen LogP contribution < -0.4 is 10.1 Å². The maximum absolute atomic E-state index is 13.8. The molecular formula is C22H29FNO+. The normalized spacial score (nSPS) is 16.2. The lowest BCUT2D eigenvalue weighted by Crippen LogP contribution is -2.88. The Morgan fingerprint density at radius 3 is 2.24 bits per heavy atom. The fourth-order valence-electron chi connectivity index (χ4n) is 3.60. The molecule has 2 aromatic rings. The van der Waals surface area contributed by atoms with Gasteiger partial charge in [-0.1, -0.05) is 49.6 Å². The fraction of sp³-hybridized carbons (Fsp3) is 0.455. The number of rotatable bonds is 6. The summed E-state index contributed by atoms with van der Waals surface area (Å²) in [7, 11) is 0. The number of halogens is 1. The first-order chi connectivity index (χ1) is 12.3. The SMILES string of the molecule is Fc1ccccc1COc1ccccc1C[NH2+]C1CCCCCCC1. The van der Waals surface area contributed by atoms with Crippen molar-refractivity contribution in [3.8, 4) is 5.75 Å². The molecule has 2 N–H and O–H groups in total. The van der Waals surface area contributed by atoms with Gasteiger partial charge in [-0.05, 0) is 43.9 Å². The molecule has 0 spiro atoms. The minimum absolute atomic E-state index is 0.207. The predicted octanol–water partition coefficient (Wildman–Crippen LogP) is 4.58. The molecule has 0 unspecified atom stereocenters. The van der Waals surface area contributed by atoms with Crippen molar-refractivity contribution in [1.82, 2.24) is 0 Å². The largest absolute Gasteiger partial charge is 0.488 e. The van der Waals surface area contributed by atoms with Crippen LogP contribution in [0.1, 0.15) is 56.1 Å². The molecule has 1 aliphatic rings. The van der Waals surface area contributed by atoms with Crippen LogP contribution in [-0.2, 0) is 13.2 Å². The van der Waals surface area contributed by atoms with E-state index in [0.717, 1.165) is 18.3 Å². The Kier molecular flexibility index (Phi) is 6.87. The zero-order valence-corrected chi connectivity index (χ0v) is 14.9. The third-order valence-electron chi connectivity index (χ3n) is 5.13. The Balaban J connectivity index is 1.57. The first-order valence-corrected chi connectivity index (χ1v) is 9.60. The van der Waals surface area contributed by atoms with Crippen molar-refractivity contribution in [1.29, 1.82) is 0 Å². The Morgan fingerprint density at radius 2 is 1.48 bits per heavy atom. The van der Waals surface area contributed by atoms with Crippen LogP contribution in [0, 0.1) is 5.82 Å². The van der Waals surface area contributed by atoms with Crippen molar-refractivity contribution >= 4 is 0 Å². The first kappa shape index (κ1) is 17.9. The third-order valence-corrected chi connectivity index (χ3v) is 5.13. The second kappa shape index (κ2) is 9.57. The summed E-state index contributed by atoms with van der Waals surface area (Å²) < 4.78 is 19.7. The Morgan fingerprint density at radius 1 is 0.840 bits per heavy atom. The second-order valence-corrected chi connectivity index (χ2v) is 7.03. The van der Waals surface area contributed by atoms with E-state index in [1.165, 1.54) is 56.6 Å². The second-order valence-electron chi connectivity index (χ2n) is 7.03. The lowest BCUT2D eigenvalue weighted by molar-refractivity contribution is -0.706. The maximum Gasteiger partial charge on any atom is 0.129 e. The number of hydrogen-bond donors (Lipinski definition) is 1. The van der Waals surface area contributed by atoms with Crippen molar-refractivity contribution < 1.29 is 14.4 Å². The molecule has 0 radical (unpaired) electrons. The number of para-hydroxylation sites is 1. The van der Waals surface area contributed by atoms with Gasteiger partial charge in [-0.2, -0.15) is 0 Å². The molecule has 0 saturated heterocycles. The van der Waals surface area contributed by atoms with Crippen LogP contribution in [0.15, 0.2) is 48.5 Å². The minimum Gasteiger partial charge on any atom is -0.488 e. The molecule has 1 saturated carbocycles. The fourth-order valence-corrected chi connectivity index (χ4v) is 3.60. The quantitative estimate of drug-likeness (QED) is 0.817. The van der Waals surface area contributed by atoms with Crippen LogP contribution in [0.25, 0.3) is 0 Å². The van der Waals surface area contributed by atoms with Crippen molar-refractivity contribution in [2.45, 2.75) is 64.1 Å². The molecule has 0 bridgehead atoms. The van der Waals surface area contributed by atoms with E-state index in [9.17, 15) is 4.39 Å². The monoisotopic (exact) mass is 342 g/mol.